The number of aliphatic hydroxyl groups is 1. The Morgan fingerprint density at radius 3 is 2.44 bits per heavy atom. The molecule has 0 aliphatic heterocycles. The van der Waals surface area contributed by atoms with E-state index in [9.17, 15) is 9.90 Å². The van der Waals surface area contributed by atoms with E-state index in [0.717, 1.165) is 0 Å². The lowest BCUT2D eigenvalue weighted by Crippen LogP contribution is -2.44. The Bertz CT molecular complexity index is 242. The summed E-state index contributed by atoms with van der Waals surface area (Å²) in [6, 6.07) is 0. The Balaban J connectivity index is 2.69. The number of carbonyl (C=O) groups excluding carboxylic acids is 1. The molecule has 0 heterocycles. The Labute approximate surface area is 98.2 Å². The van der Waals surface area contributed by atoms with E-state index in [-0.39, 0.29) is 11.9 Å². The number of hydrogen-bond donors (Lipinski definition) is 1. The molecule has 16 heavy (non-hydrogen) atoms. The minimum absolute atomic E-state index is 0.104. The maximum absolute atomic E-state index is 11.9. The van der Waals surface area contributed by atoms with Crippen molar-refractivity contribution in [2.45, 2.75) is 52.6 Å². The molecule has 0 radical (unpaired) electrons. The number of carbonyl (C=O) groups is 1. The fourth-order valence-corrected chi connectivity index (χ4v) is 2.51. The molecule has 0 aromatic rings. The molecule has 1 N–H and O–H groups in total. The summed E-state index contributed by atoms with van der Waals surface area (Å²) < 4.78 is 5.05. The summed E-state index contributed by atoms with van der Waals surface area (Å²) in [5.74, 6) is 0.0367. The monoisotopic (exact) mass is 228 g/mol. The normalized spacial score (nSPS) is 21.6. The molecule has 1 aliphatic carbocycles. The average molecular weight is 228 g/mol. The highest BCUT2D eigenvalue weighted by Crippen LogP contribution is 2.41. The van der Waals surface area contributed by atoms with Crippen LogP contribution in [0, 0.1) is 17.8 Å². The van der Waals surface area contributed by atoms with Crippen molar-refractivity contribution in [2.75, 3.05) is 6.61 Å². The van der Waals surface area contributed by atoms with Gasteiger partial charge in [0, 0.05) is 0 Å². The lowest BCUT2D eigenvalue weighted by atomic mass is 9.78. The van der Waals surface area contributed by atoms with Crippen LogP contribution in [-0.4, -0.2) is 23.3 Å². The second kappa shape index (κ2) is 5.17. The number of rotatable bonds is 6. The van der Waals surface area contributed by atoms with Gasteiger partial charge in [-0.05, 0) is 32.1 Å². The third-order valence-corrected chi connectivity index (χ3v) is 3.28. The zero-order valence-corrected chi connectivity index (χ0v) is 10.8. The second-order valence-corrected chi connectivity index (χ2v) is 5.48. The minimum atomic E-state index is -0.929. The lowest BCUT2D eigenvalue weighted by molar-refractivity contribution is -0.161. The van der Waals surface area contributed by atoms with Crippen LogP contribution in [0.3, 0.4) is 0 Å². The molecule has 2 unspecified atom stereocenters. The van der Waals surface area contributed by atoms with Gasteiger partial charge >= 0.3 is 5.97 Å². The number of ether oxygens (including phenoxy) is 1. The predicted octanol–water partition coefficient (Wildman–Crippen LogP) is 2.37. The molecule has 3 heteroatoms. The molecule has 1 aliphatic rings. The molecule has 0 aromatic heterocycles. The van der Waals surface area contributed by atoms with E-state index < -0.39 is 11.5 Å². The molecule has 0 saturated heterocycles. The van der Waals surface area contributed by atoms with Crippen LogP contribution in [0.25, 0.3) is 0 Å². The van der Waals surface area contributed by atoms with Gasteiger partial charge in [-0.3, -0.25) is 4.79 Å². The largest absolute Gasteiger partial charge is 0.466 e. The summed E-state index contributed by atoms with van der Waals surface area (Å²) in [5.41, 5.74) is -0.929. The van der Waals surface area contributed by atoms with Gasteiger partial charge in [0.2, 0.25) is 0 Å². The molecule has 94 valence electrons. The van der Waals surface area contributed by atoms with Gasteiger partial charge in [-0.25, -0.2) is 0 Å². The van der Waals surface area contributed by atoms with Crippen LogP contribution >= 0.6 is 0 Å². The Morgan fingerprint density at radius 2 is 2.06 bits per heavy atom. The van der Waals surface area contributed by atoms with Gasteiger partial charge in [-0.2, -0.15) is 0 Å². The molecule has 2 atom stereocenters. The van der Waals surface area contributed by atoms with E-state index in [1.165, 1.54) is 12.8 Å². The van der Waals surface area contributed by atoms with E-state index in [0.29, 0.717) is 18.9 Å². The van der Waals surface area contributed by atoms with Crippen LogP contribution in [0.1, 0.15) is 47.0 Å². The van der Waals surface area contributed by atoms with Crippen LogP contribution in [0.15, 0.2) is 0 Å². The van der Waals surface area contributed by atoms with Gasteiger partial charge in [0.25, 0.3) is 0 Å². The quantitative estimate of drug-likeness (QED) is 0.710. The maximum atomic E-state index is 11.9. The van der Waals surface area contributed by atoms with Crippen molar-refractivity contribution in [3.63, 3.8) is 0 Å². The average Bonchev–Trinajstić information content (AvgIpc) is 2.85. The molecular weight excluding hydrogens is 204 g/mol. The first-order valence-electron chi connectivity index (χ1n) is 6.27. The molecule has 3 nitrogen and oxygen atoms in total. The van der Waals surface area contributed by atoms with Crippen molar-refractivity contribution in [3.05, 3.63) is 0 Å². The van der Waals surface area contributed by atoms with Gasteiger partial charge in [-0.1, -0.05) is 26.7 Å². The van der Waals surface area contributed by atoms with E-state index in [1.807, 2.05) is 13.8 Å². The Hall–Kier alpha value is -0.570. The third-order valence-electron chi connectivity index (χ3n) is 3.28. The molecular formula is C13H24O3. The van der Waals surface area contributed by atoms with Crippen molar-refractivity contribution >= 4 is 5.97 Å². The molecule has 1 saturated carbocycles. The first kappa shape index (κ1) is 13.5. The van der Waals surface area contributed by atoms with Gasteiger partial charge in [-0.15, -0.1) is 0 Å². The van der Waals surface area contributed by atoms with Crippen LogP contribution in [0.5, 0.6) is 0 Å². The highest BCUT2D eigenvalue weighted by molar-refractivity contribution is 5.74. The van der Waals surface area contributed by atoms with Crippen molar-refractivity contribution in [3.8, 4) is 0 Å². The fourth-order valence-electron chi connectivity index (χ4n) is 2.51. The Kier molecular flexibility index (Phi) is 4.36. The molecule has 1 rings (SSSR count). The van der Waals surface area contributed by atoms with E-state index in [4.69, 9.17) is 4.74 Å². The number of hydrogen-bond acceptors (Lipinski definition) is 3. The molecule has 0 spiro atoms. The topological polar surface area (TPSA) is 46.5 Å². The van der Waals surface area contributed by atoms with E-state index in [1.54, 1.807) is 13.8 Å². The summed E-state index contributed by atoms with van der Waals surface area (Å²) in [6.45, 7) is 7.87. The van der Waals surface area contributed by atoms with Crippen LogP contribution in [-0.2, 0) is 9.53 Å². The van der Waals surface area contributed by atoms with Gasteiger partial charge in [0.05, 0.1) is 18.1 Å². The number of esters is 1. The van der Waals surface area contributed by atoms with Crippen molar-refractivity contribution in [1.82, 2.24) is 0 Å². The highest BCUT2D eigenvalue weighted by atomic mass is 16.5. The zero-order valence-electron chi connectivity index (χ0n) is 10.8. The van der Waals surface area contributed by atoms with Crippen LogP contribution < -0.4 is 0 Å². The second-order valence-electron chi connectivity index (χ2n) is 5.48. The third kappa shape index (κ3) is 3.48. The molecule has 0 amide bonds. The fraction of sp³-hybridized carbons (Fsp3) is 0.923. The zero-order chi connectivity index (χ0) is 12.3. The van der Waals surface area contributed by atoms with E-state index in [2.05, 4.69) is 0 Å². The summed E-state index contributed by atoms with van der Waals surface area (Å²) in [6.07, 6.45) is 3.09. The molecule has 0 aromatic carbocycles. The first-order valence-corrected chi connectivity index (χ1v) is 6.27. The first-order chi connectivity index (χ1) is 7.38. The predicted molar refractivity (Wildman–Crippen MR) is 62.9 cm³/mol. The smallest absolute Gasteiger partial charge is 0.312 e. The van der Waals surface area contributed by atoms with Crippen LogP contribution in [0.4, 0.5) is 0 Å². The van der Waals surface area contributed by atoms with Gasteiger partial charge in [0.1, 0.15) is 0 Å². The lowest BCUT2D eigenvalue weighted by Gasteiger charge is -2.34. The van der Waals surface area contributed by atoms with Crippen molar-refractivity contribution in [1.29, 1.82) is 0 Å². The maximum Gasteiger partial charge on any atom is 0.312 e. The highest BCUT2D eigenvalue weighted by Gasteiger charge is 2.43. The summed E-state index contributed by atoms with van der Waals surface area (Å²) in [7, 11) is 0. The molecule has 0 bridgehead atoms. The van der Waals surface area contributed by atoms with Crippen molar-refractivity contribution < 1.29 is 14.6 Å². The minimum Gasteiger partial charge on any atom is -0.466 e. The summed E-state index contributed by atoms with van der Waals surface area (Å²) in [5, 5.41) is 10.5. The molecule has 1 fully saturated rings. The summed E-state index contributed by atoms with van der Waals surface area (Å²) in [4.78, 5) is 11.9. The SMILES string of the molecule is CCOC(=O)C(C(C)C)C(C)(O)CC1CC1. The standard InChI is InChI=1S/C13H24O3/c1-5-16-12(14)11(9(2)3)13(4,15)8-10-6-7-10/h9-11,15H,5-8H2,1-4H3. The van der Waals surface area contributed by atoms with Crippen molar-refractivity contribution in [2.24, 2.45) is 17.8 Å². The van der Waals surface area contributed by atoms with Gasteiger partial charge in [0.15, 0.2) is 0 Å². The summed E-state index contributed by atoms with van der Waals surface area (Å²) >= 11 is 0. The van der Waals surface area contributed by atoms with Crippen LogP contribution in [0.2, 0.25) is 0 Å². The van der Waals surface area contributed by atoms with E-state index >= 15 is 0 Å². The van der Waals surface area contributed by atoms with Gasteiger partial charge < -0.3 is 9.84 Å². The Morgan fingerprint density at radius 1 is 1.50 bits per heavy atom.